The van der Waals surface area contributed by atoms with Crippen LogP contribution in [0.1, 0.15) is 40.2 Å². The Morgan fingerprint density at radius 3 is 2.13 bits per heavy atom. The van der Waals surface area contributed by atoms with Crippen molar-refractivity contribution in [3.8, 4) is 11.5 Å². The number of aromatic hydroxyl groups is 1. The molecule has 2 aromatic rings. The van der Waals surface area contributed by atoms with Gasteiger partial charge in [-0.25, -0.2) is 4.39 Å². The molecule has 2 rings (SSSR count). The Kier molecular flexibility index (Phi) is 8.50. The van der Waals surface area contributed by atoms with Crippen LogP contribution in [0.3, 0.4) is 0 Å². The minimum atomic E-state index is -3.97. The molecule has 6 heteroatoms. The van der Waals surface area contributed by atoms with E-state index in [2.05, 4.69) is 4.74 Å². The number of phenols is 1. The van der Waals surface area contributed by atoms with Gasteiger partial charge in [0.25, 0.3) is 0 Å². The normalized spacial score (nSPS) is 10.3. The molecule has 23 heavy (non-hydrogen) atoms. The maximum absolute atomic E-state index is 13.7. The first-order chi connectivity index (χ1) is 10.8. The molecular formula is C17H24F2O4. The average molecular weight is 330 g/mol. The number of rotatable bonds is 3. The third-order valence-electron chi connectivity index (χ3n) is 2.70. The highest BCUT2D eigenvalue weighted by Gasteiger charge is 2.28. The van der Waals surface area contributed by atoms with Crippen LogP contribution in [0.4, 0.5) is 8.78 Å². The smallest absolute Gasteiger partial charge is 0.492 e. The van der Waals surface area contributed by atoms with Gasteiger partial charge >= 0.3 is 6.23 Å². The van der Waals surface area contributed by atoms with Crippen molar-refractivity contribution in [1.82, 2.24) is 0 Å². The van der Waals surface area contributed by atoms with Crippen LogP contribution in [-0.2, 0) is 6.42 Å². The summed E-state index contributed by atoms with van der Waals surface area (Å²) in [5.41, 5.74) is 0.494. The molecule has 0 aliphatic heterocycles. The Labute approximate surface area is 135 Å². The van der Waals surface area contributed by atoms with Gasteiger partial charge in [-0.1, -0.05) is 40.7 Å². The zero-order valence-electron chi connectivity index (χ0n) is 14.0. The molecule has 2 aromatic carbocycles. The number of hydrogen-bond acceptors (Lipinski definition) is 4. The van der Waals surface area contributed by atoms with Crippen molar-refractivity contribution in [3.63, 3.8) is 0 Å². The van der Waals surface area contributed by atoms with Gasteiger partial charge in [0.05, 0.1) is 0 Å². The van der Waals surface area contributed by atoms with Crippen molar-refractivity contribution in [2.24, 2.45) is 0 Å². The third kappa shape index (κ3) is 5.65. The van der Waals surface area contributed by atoms with E-state index in [0.717, 1.165) is 6.07 Å². The summed E-state index contributed by atoms with van der Waals surface area (Å²) in [6, 6.07) is 5.09. The SMILES string of the molecule is CC.CC.CCc1cc(O)cc2ccc(F)c(OC(O)(O)F)c12. The molecule has 4 nitrogen and oxygen atoms in total. The van der Waals surface area contributed by atoms with Crippen LogP contribution in [0.2, 0.25) is 0 Å². The quantitative estimate of drug-likeness (QED) is 0.736. The van der Waals surface area contributed by atoms with Crippen molar-refractivity contribution in [2.45, 2.75) is 47.3 Å². The highest BCUT2D eigenvalue weighted by Crippen LogP contribution is 2.36. The molecule has 0 fully saturated rings. The summed E-state index contributed by atoms with van der Waals surface area (Å²) in [5, 5.41) is 27.4. The van der Waals surface area contributed by atoms with Gasteiger partial charge in [0, 0.05) is 5.39 Å². The van der Waals surface area contributed by atoms with E-state index in [1.165, 1.54) is 18.2 Å². The summed E-state index contributed by atoms with van der Waals surface area (Å²) >= 11 is 0. The van der Waals surface area contributed by atoms with Crippen molar-refractivity contribution in [2.75, 3.05) is 0 Å². The fraction of sp³-hybridized carbons (Fsp3) is 0.412. The number of hydrogen-bond donors (Lipinski definition) is 3. The summed E-state index contributed by atoms with van der Waals surface area (Å²) in [6.45, 7) is 9.75. The van der Waals surface area contributed by atoms with E-state index in [4.69, 9.17) is 10.2 Å². The van der Waals surface area contributed by atoms with Gasteiger partial charge < -0.3 is 20.1 Å². The minimum Gasteiger partial charge on any atom is -0.508 e. The summed E-state index contributed by atoms with van der Waals surface area (Å²) in [7, 11) is 0. The zero-order chi connectivity index (χ0) is 18.2. The number of aryl methyl sites for hydroxylation is 1. The van der Waals surface area contributed by atoms with Crippen LogP contribution in [0.15, 0.2) is 24.3 Å². The lowest BCUT2D eigenvalue weighted by Crippen LogP contribution is -2.29. The summed E-state index contributed by atoms with van der Waals surface area (Å²) in [4.78, 5) is 0. The van der Waals surface area contributed by atoms with Gasteiger partial charge in [-0.2, -0.15) is 0 Å². The van der Waals surface area contributed by atoms with Crippen molar-refractivity contribution < 1.29 is 28.8 Å². The van der Waals surface area contributed by atoms with Crippen molar-refractivity contribution in [1.29, 1.82) is 0 Å². The van der Waals surface area contributed by atoms with Crippen LogP contribution >= 0.6 is 0 Å². The number of phenolic OH excluding ortho intramolecular Hbond substituents is 1. The van der Waals surface area contributed by atoms with Crippen molar-refractivity contribution in [3.05, 3.63) is 35.6 Å². The molecule has 0 spiro atoms. The molecule has 0 amide bonds. The van der Waals surface area contributed by atoms with E-state index in [1.807, 2.05) is 27.7 Å². The lowest BCUT2D eigenvalue weighted by atomic mass is 10.0. The van der Waals surface area contributed by atoms with Gasteiger partial charge in [0.1, 0.15) is 5.75 Å². The minimum absolute atomic E-state index is 0.0265. The molecule has 0 bridgehead atoms. The predicted octanol–water partition coefficient (Wildman–Crippen LogP) is 4.24. The largest absolute Gasteiger partial charge is 0.508 e. The van der Waals surface area contributed by atoms with E-state index in [9.17, 15) is 13.9 Å². The summed E-state index contributed by atoms with van der Waals surface area (Å²) in [6.07, 6.45) is -3.56. The van der Waals surface area contributed by atoms with Crippen LogP contribution < -0.4 is 4.74 Å². The monoisotopic (exact) mass is 330 g/mol. The fourth-order valence-electron chi connectivity index (χ4n) is 1.98. The molecule has 0 aliphatic carbocycles. The van der Waals surface area contributed by atoms with Gasteiger partial charge in [-0.15, -0.1) is 4.39 Å². The first-order valence-electron chi connectivity index (χ1n) is 7.58. The first kappa shape index (κ1) is 21.1. The molecule has 0 heterocycles. The lowest BCUT2D eigenvalue weighted by molar-refractivity contribution is -0.375. The van der Waals surface area contributed by atoms with Crippen LogP contribution in [0.5, 0.6) is 11.5 Å². The highest BCUT2D eigenvalue weighted by atomic mass is 19.2. The molecule has 0 aliphatic rings. The Morgan fingerprint density at radius 2 is 1.65 bits per heavy atom. The number of ether oxygens (including phenoxy) is 1. The maximum atomic E-state index is 13.7. The fourth-order valence-corrected chi connectivity index (χ4v) is 1.98. The molecular weight excluding hydrogens is 306 g/mol. The predicted molar refractivity (Wildman–Crippen MR) is 86.5 cm³/mol. The van der Waals surface area contributed by atoms with E-state index >= 15 is 0 Å². The van der Waals surface area contributed by atoms with E-state index < -0.39 is 17.8 Å². The second-order valence-corrected chi connectivity index (χ2v) is 4.06. The van der Waals surface area contributed by atoms with E-state index in [-0.39, 0.29) is 11.1 Å². The first-order valence-corrected chi connectivity index (χ1v) is 7.58. The Bertz CT molecular complexity index is 622. The Hall–Kier alpha value is -1.92. The van der Waals surface area contributed by atoms with E-state index in [0.29, 0.717) is 17.4 Å². The molecule has 0 saturated heterocycles. The number of benzene rings is 2. The van der Waals surface area contributed by atoms with Gasteiger partial charge in [0.15, 0.2) is 11.6 Å². The number of halogens is 2. The number of alkyl halides is 1. The zero-order valence-corrected chi connectivity index (χ0v) is 14.0. The van der Waals surface area contributed by atoms with Gasteiger partial charge in [-0.05, 0) is 35.6 Å². The molecule has 0 aromatic heterocycles. The van der Waals surface area contributed by atoms with E-state index in [1.54, 1.807) is 6.92 Å². The Morgan fingerprint density at radius 1 is 1.09 bits per heavy atom. The Balaban J connectivity index is 0.00000112. The summed E-state index contributed by atoms with van der Waals surface area (Å²) in [5.74, 6) is -1.57. The molecule has 130 valence electrons. The standard InChI is InChI=1S/C13H12F2O4.2C2H6/c1-2-7-5-9(16)6-8-3-4-10(14)12(11(7)8)19-13(15,17)18;2*1-2/h3-6,16-18H,2H2,1H3;2*1-2H3. The highest BCUT2D eigenvalue weighted by molar-refractivity contribution is 5.92. The van der Waals surface area contributed by atoms with Gasteiger partial charge in [-0.3, -0.25) is 0 Å². The van der Waals surface area contributed by atoms with Gasteiger partial charge in [0.2, 0.25) is 0 Å². The molecule has 0 unspecified atom stereocenters. The molecule has 0 saturated carbocycles. The molecule has 3 N–H and O–H groups in total. The summed E-state index contributed by atoms with van der Waals surface area (Å²) < 4.78 is 30.7. The van der Waals surface area contributed by atoms with Crippen molar-refractivity contribution >= 4 is 10.8 Å². The second-order valence-electron chi connectivity index (χ2n) is 4.06. The number of fused-ring (bicyclic) bond motifs is 1. The molecule has 0 radical (unpaired) electrons. The lowest BCUT2D eigenvalue weighted by Gasteiger charge is -2.17. The van der Waals surface area contributed by atoms with Crippen LogP contribution in [0.25, 0.3) is 10.8 Å². The molecule has 0 atom stereocenters. The number of aliphatic hydroxyl groups is 2. The van der Waals surface area contributed by atoms with Crippen LogP contribution in [0, 0.1) is 5.82 Å². The topological polar surface area (TPSA) is 69.9 Å². The second kappa shape index (κ2) is 9.27. The third-order valence-corrected chi connectivity index (χ3v) is 2.70. The average Bonchev–Trinajstić information content (AvgIpc) is 2.52. The maximum Gasteiger partial charge on any atom is 0.492 e. The van der Waals surface area contributed by atoms with Crippen LogP contribution in [-0.4, -0.2) is 21.5 Å².